The van der Waals surface area contributed by atoms with Gasteiger partial charge in [-0.05, 0) is 57.6 Å². The Bertz CT molecular complexity index is 1550. The predicted octanol–water partition coefficient (Wildman–Crippen LogP) is 5.56. The lowest BCUT2D eigenvalue weighted by Gasteiger charge is -2.26. The van der Waals surface area contributed by atoms with Gasteiger partial charge in [0.25, 0.3) is 0 Å². The van der Waals surface area contributed by atoms with Gasteiger partial charge in [0, 0.05) is 42.2 Å². The van der Waals surface area contributed by atoms with E-state index in [2.05, 4.69) is 17.2 Å². The number of methoxy groups -OCH3 is 1. The number of hydrogen-bond acceptors (Lipinski definition) is 9. The fraction of sp³-hybridized carbons (Fsp3) is 0.559. The molecule has 1 aromatic carbocycles. The summed E-state index contributed by atoms with van der Waals surface area (Å²) in [6.45, 7) is 8.62. The largest absolute Gasteiger partial charge is 0.496 e. The SMILES string of the molecule is CCCCCN(C)C(=O)[C@@H]1C[C@H](Oc2cc(-c3nccs3)nc3c(C)c(OC)ccc23)C[C@H]1C(=O)N[C@]1(C(=O)OCC)C[C@H]1C. The normalized spacial score (nSPS) is 23.9. The molecule has 2 heterocycles. The summed E-state index contributed by atoms with van der Waals surface area (Å²) in [7, 11) is 3.43. The van der Waals surface area contributed by atoms with E-state index in [1.165, 1.54) is 11.3 Å². The van der Waals surface area contributed by atoms with Gasteiger partial charge in [-0.15, -0.1) is 11.3 Å². The number of esters is 1. The molecule has 0 bridgehead atoms. The first-order chi connectivity index (χ1) is 21.6. The van der Waals surface area contributed by atoms with Gasteiger partial charge in [-0.3, -0.25) is 9.59 Å². The highest BCUT2D eigenvalue weighted by Crippen LogP contribution is 2.46. The van der Waals surface area contributed by atoms with Crippen LogP contribution in [0, 0.1) is 24.7 Å². The number of aromatic nitrogens is 2. The first kappa shape index (κ1) is 32.7. The van der Waals surface area contributed by atoms with E-state index >= 15 is 0 Å². The van der Waals surface area contributed by atoms with E-state index in [1.807, 2.05) is 37.4 Å². The molecule has 3 aromatic rings. The fourth-order valence-electron chi connectivity index (χ4n) is 6.49. The second-order valence-electron chi connectivity index (χ2n) is 12.3. The molecule has 5 rings (SSSR count). The van der Waals surface area contributed by atoms with Crippen molar-refractivity contribution in [2.24, 2.45) is 17.8 Å². The van der Waals surface area contributed by atoms with Crippen LogP contribution in [0.3, 0.4) is 0 Å². The molecule has 242 valence electrons. The van der Waals surface area contributed by atoms with Gasteiger partial charge in [0.2, 0.25) is 11.8 Å². The zero-order valence-electron chi connectivity index (χ0n) is 27.1. The van der Waals surface area contributed by atoms with E-state index in [4.69, 9.17) is 19.2 Å². The molecule has 0 saturated heterocycles. The van der Waals surface area contributed by atoms with Crippen LogP contribution in [0.15, 0.2) is 29.8 Å². The van der Waals surface area contributed by atoms with Gasteiger partial charge in [0.1, 0.15) is 33.8 Å². The van der Waals surface area contributed by atoms with Crippen molar-refractivity contribution in [1.82, 2.24) is 20.2 Å². The molecule has 0 radical (unpaired) electrons. The minimum atomic E-state index is -1.03. The highest BCUT2D eigenvalue weighted by molar-refractivity contribution is 7.13. The van der Waals surface area contributed by atoms with E-state index < -0.39 is 29.4 Å². The third-order valence-electron chi connectivity index (χ3n) is 9.25. The Labute approximate surface area is 268 Å². The summed E-state index contributed by atoms with van der Waals surface area (Å²) in [5.74, 6) is -0.725. The van der Waals surface area contributed by atoms with Crippen LogP contribution in [0.25, 0.3) is 21.6 Å². The highest BCUT2D eigenvalue weighted by Gasteiger charge is 2.61. The number of hydrogen-bond donors (Lipinski definition) is 1. The second-order valence-corrected chi connectivity index (χ2v) is 13.2. The number of carbonyl (C=O) groups excluding carboxylic acids is 3. The predicted molar refractivity (Wildman–Crippen MR) is 173 cm³/mol. The molecular formula is C34H44N4O6S. The van der Waals surface area contributed by atoms with Gasteiger partial charge in [-0.1, -0.05) is 26.7 Å². The first-order valence-electron chi connectivity index (χ1n) is 15.9. The van der Waals surface area contributed by atoms with Crippen molar-refractivity contribution >= 4 is 40.0 Å². The molecule has 1 N–H and O–H groups in total. The van der Waals surface area contributed by atoms with E-state index in [0.717, 1.165) is 46.5 Å². The molecule has 0 spiro atoms. The maximum atomic E-state index is 13.9. The molecule has 45 heavy (non-hydrogen) atoms. The molecule has 0 aliphatic heterocycles. The number of benzene rings is 1. The summed E-state index contributed by atoms with van der Waals surface area (Å²) in [6.07, 6.45) is 5.54. The van der Waals surface area contributed by atoms with Crippen LogP contribution in [0.4, 0.5) is 0 Å². The van der Waals surface area contributed by atoms with Crippen molar-refractivity contribution in [3.8, 4) is 22.2 Å². The number of amides is 2. The van der Waals surface area contributed by atoms with Crippen LogP contribution < -0.4 is 14.8 Å². The average Bonchev–Trinajstić information content (AvgIpc) is 3.39. The zero-order chi connectivity index (χ0) is 32.3. The Balaban J connectivity index is 1.45. The number of ether oxygens (including phenoxy) is 3. The molecule has 2 aliphatic carbocycles. The van der Waals surface area contributed by atoms with Crippen molar-refractivity contribution in [1.29, 1.82) is 0 Å². The Morgan fingerprint density at radius 3 is 2.53 bits per heavy atom. The van der Waals surface area contributed by atoms with Crippen LogP contribution >= 0.6 is 11.3 Å². The van der Waals surface area contributed by atoms with Crippen molar-refractivity contribution < 1.29 is 28.6 Å². The summed E-state index contributed by atoms with van der Waals surface area (Å²) < 4.78 is 17.6. The lowest BCUT2D eigenvalue weighted by Crippen LogP contribution is -2.50. The van der Waals surface area contributed by atoms with Gasteiger partial charge < -0.3 is 24.4 Å². The van der Waals surface area contributed by atoms with E-state index in [1.54, 1.807) is 32.2 Å². The lowest BCUT2D eigenvalue weighted by atomic mass is 9.93. The molecule has 2 aliphatic rings. The molecule has 2 aromatic heterocycles. The molecule has 10 nitrogen and oxygen atoms in total. The zero-order valence-corrected chi connectivity index (χ0v) is 27.9. The summed E-state index contributed by atoms with van der Waals surface area (Å²) in [6, 6.07) is 5.70. The van der Waals surface area contributed by atoms with Gasteiger partial charge in [-0.25, -0.2) is 14.8 Å². The molecular weight excluding hydrogens is 592 g/mol. The first-order valence-corrected chi connectivity index (χ1v) is 16.8. The summed E-state index contributed by atoms with van der Waals surface area (Å²) in [4.78, 5) is 51.7. The van der Waals surface area contributed by atoms with Crippen molar-refractivity contribution in [2.45, 2.75) is 77.9 Å². The monoisotopic (exact) mass is 636 g/mol. The number of nitrogens with one attached hydrogen (secondary N) is 1. The van der Waals surface area contributed by atoms with Gasteiger partial charge in [0.05, 0.1) is 31.1 Å². The Kier molecular flexibility index (Phi) is 9.96. The smallest absolute Gasteiger partial charge is 0.332 e. The van der Waals surface area contributed by atoms with Crippen LogP contribution in [-0.2, 0) is 19.1 Å². The molecule has 2 saturated carbocycles. The van der Waals surface area contributed by atoms with Gasteiger partial charge >= 0.3 is 5.97 Å². The number of fused-ring (bicyclic) bond motifs is 1. The molecule has 2 amide bonds. The quantitative estimate of drug-likeness (QED) is 0.191. The Morgan fingerprint density at radius 2 is 1.89 bits per heavy atom. The van der Waals surface area contributed by atoms with Gasteiger partial charge in [-0.2, -0.15) is 0 Å². The van der Waals surface area contributed by atoms with Gasteiger partial charge in [0.15, 0.2) is 0 Å². The summed E-state index contributed by atoms with van der Waals surface area (Å²) >= 11 is 1.49. The third kappa shape index (κ3) is 6.64. The third-order valence-corrected chi connectivity index (χ3v) is 10.0. The molecule has 11 heteroatoms. The molecule has 0 unspecified atom stereocenters. The van der Waals surface area contributed by atoms with Crippen LogP contribution in [0.5, 0.6) is 11.5 Å². The molecule has 5 atom stereocenters. The maximum absolute atomic E-state index is 13.9. The standard InChI is InChI=1S/C34H44N4O6S/c1-7-9-10-14-38(5)32(40)25-17-22(16-24(25)30(39)37-34(19-20(34)3)33(41)43-8-2)44-28-18-26(31-35-13-15-45-31)36-29-21(4)27(42-6)12-11-23(28)29/h11-13,15,18,20,22,24-25H,7-10,14,16-17,19H2,1-6H3,(H,37,39)/t20-,22-,24-,25-,34-/m1/s1. The number of rotatable bonds is 13. The van der Waals surface area contributed by atoms with Crippen molar-refractivity contribution in [3.05, 3.63) is 35.3 Å². The number of aryl methyl sites for hydroxylation is 1. The van der Waals surface area contributed by atoms with E-state index in [0.29, 0.717) is 37.3 Å². The lowest BCUT2D eigenvalue weighted by molar-refractivity contribution is -0.150. The summed E-state index contributed by atoms with van der Waals surface area (Å²) in [5.41, 5.74) is 1.27. The van der Waals surface area contributed by atoms with E-state index in [9.17, 15) is 14.4 Å². The molecule has 2 fully saturated rings. The average molecular weight is 637 g/mol. The van der Waals surface area contributed by atoms with Crippen LogP contribution in [-0.4, -0.2) is 71.6 Å². The number of carbonyl (C=O) groups is 3. The maximum Gasteiger partial charge on any atom is 0.332 e. The van der Waals surface area contributed by atoms with Crippen LogP contribution in [0.2, 0.25) is 0 Å². The van der Waals surface area contributed by atoms with Crippen molar-refractivity contribution in [3.63, 3.8) is 0 Å². The second kappa shape index (κ2) is 13.7. The minimum absolute atomic E-state index is 0.0347. The number of thiazole rings is 1. The fourth-order valence-corrected chi connectivity index (χ4v) is 7.08. The summed E-state index contributed by atoms with van der Waals surface area (Å²) in [5, 5.41) is 6.49. The topological polar surface area (TPSA) is 120 Å². The van der Waals surface area contributed by atoms with Crippen LogP contribution in [0.1, 0.15) is 64.9 Å². The number of unbranched alkanes of at least 4 members (excludes halogenated alkanes) is 2. The van der Waals surface area contributed by atoms with E-state index in [-0.39, 0.29) is 24.3 Å². The highest BCUT2D eigenvalue weighted by atomic mass is 32.1. The Hall–Kier alpha value is -3.73. The number of nitrogens with zero attached hydrogens (tertiary/aromatic N) is 3. The minimum Gasteiger partial charge on any atom is -0.496 e. The van der Waals surface area contributed by atoms with Crippen molar-refractivity contribution in [2.75, 3.05) is 27.3 Å². The Morgan fingerprint density at radius 1 is 1.13 bits per heavy atom. The number of pyridine rings is 1.